The molecule has 0 bridgehead atoms. The number of ether oxygens (including phenoxy) is 1. The molecular weight excluding hydrogens is 232 g/mol. The molecule has 0 aliphatic rings. The van der Waals surface area contributed by atoms with Gasteiger partial charge in [-0.2, -0.15) is 0 Å². The summed E-state index contributed by atoms with van der Waals surface area (Å²) in [6.07, 6.45) is 3.18. The van der Waals surface area contributed by atoms with Crippen LogP contribution in [0.5, 0.6) is 0 Å². The van der Waals surface area contributed by atoms with Gasteiger partial charge in [0.05, 0.1) is 12.6 Å². The van der Waals surface area contributed by atoms with Crippen molar-refractivity contribution in [1.29, 1.82) is 0 Å². The number of hydrogen-bond acceptors (Lipinski definition) is 4. The summed E-state index contributed by atoms with van der Waals surface area (Å²) >= 11 is 0. The number of nitrogens with zero attached hydrogens (tertiary/aromatic N) is 4. The van der Waals surface area contributed by atoms with E-state index in [0.717, 1.165) is 5.69 Å². The first-order chi connectivity index (χ1) is 8.77. The van der Waals surface area contributed by atoms with Crippen molar-refractivity contribution in [3.63, 3.8) is 0 Å². The molecule has 0 aliphatic carbocycles. The molecule has 6 heteroatoms. The SMILES string of the molecule is CCOC(=O)CCCC(N=[N+]=[N-])c1ccccn1. The van der Waals surface area contributed by atoms with E-state index in [1.54, 1.807) is 19.2 Å². The molecule has 0 aliphatic heterocycles. The van der Waals surface area contributed by atoms with Crippen molar-refractivity contribution in [1.82, 2.24) is 4.98 Å². The van der Waals surface area contributed by atoms with Gasteiger partial charge in [-0.1, -0.05) is 11.2 Å². The van der Waals surface area contributed by atoms with Crippen molar-refractivity contribution in [2.45, 2.75) is 32.2 Å². The zero-order valence-electron chi connectivity index (χ0n) is 10.3. The Hall–Kier alpha value is -2.07. The second kappa shape index (κ2) is 8.08. The number of aromatic nitrogens is 1. The van der Waals surface area contributed by atoms with Crippen molar-refractivity contribution in [3.05, 3.63) is 40.5 Å². The third-order valence-corrected chi connectivity index (χ3v) is 2.38. The molecular formula is C12H16N4O2. The molecule has 1 rings (SSSR count). The van der Waals surface area contributed by atoms with Crippen molar-refractivity contribution < 1.29 is 9.53 Å². The zero-order chi connectivity index (χ0) is 13.2. The number of esters is 1. The molecule has 0 aromatic carbocycles. The van der Waals surface area contributed by atoms with E-state index in [-0.39, 0.29) is 12.0 Å². The molecule has 1 unspecified atom stereocenters. The summed E-state index contributed by atoms with van der Waals surface area (Å²) in [4.78, 5) is 18.1. The average molecular weight is 248 g/mol. The highest BCUT2D eigenvalue weighted by molar-refractivity contribution is 5.69. The van der Waals surface area contributed by atoms with Crippen molar-refractivity contribution in [2.75, 3.05) is 6.61 Å². The summed E-state index contributed by atoms with van der Waals surface area (Å²) in [7, 11) is 0. The van der Waals surface area contributed by atoms with E-state index in [0.29, 0.717) is 25.9 Å². The molecule has 0 saturated heterocycles. The molecule has 0 spiro atoms. The van der Waals surface area contributed by atoms with E-state index in [1.807, 2.05) is 12.1 Å². The topological polar surface area (TPSA) is 88.0 Å². The lowest BCUT2D eigenvalue weighted by molar-refractivity contribution is -0.143. The molecule has 0 amide bonds. The Balaban J connectivity index is 2.50. The van der Waals surface area contributed by atoms with Gasteiger partial charge in [0, 0.05) is 23.2 Å². The summed E-state index contributed by atoms with van der Waals surface area (Å²) in [5, 5.41) is 3.70. The Kier molecular flexibility index (Phi) is 6.28. The number of hydrogen-bond donors (Lipinski definition) is 0. The number of azide groups is 1. The molecule has 0 radical (unpaired) electrons. The van der Waals surface area contributed by atoms with Gasteiger partial charge in [-0.25, -0.2) is 0 Å². The third kappa shape index (κ3) is 4.84. The predicted octanol–water partition coefficient (Wildman–Crippen LogP) is 3.17. The van der Waals surface area contributed by atoms with Crippen LogP contribution in [-0.4, -0.2) is 17.6 Å². The molecule has 96 valence electrons. The van der Waals surface area contributed by atoms with E-state index in [4.69, 9.17) is 10.3 Å². The van der Waals surface area contributed by atoms with Crippen LogP contribution < -0.4 is 0 Å². The predicted molar refractivity (Wildman–Crippen MR) is 66.6 cm³/mol. The highest BCUT2D eigenvalue weighted by atomic mass is 16.5. The molecule has 1 heterocycles. The highest BCUT2D eigenvalue weighted by Crippen LogP contribution is 2.21. The largest absolute Gasteiger partial charge is 0.466 e. The maximum atomic E-state index is 11.2. The standard InChI is InChI=1S/C12H16N4O2/c1-2-18-12(17)8-5-7-11(15-16-13)10-6-3-4-9-14-10/h3-4,6,9,11H,2,5,7-8H2,1H3. The molecule has 6 nitrogen and oxygen atoms in total. The molecule has 18 heavy (non-hydrogen) atoms. The molecule has 0 saturated carbocycles. The Morgan fingerprint density at radius 3 is 3.06 bits per heavy atom. The van der Waals surface area contributed by atoms with E-state index in [2.05, 4.69) is 15.0 Å². The minimum atomic E-state index is -0.328. The van der Waals surface area contributed by atoms with Gasteiger partial charge in [0.15, 0.2) is 0 Å². The molecule has 1 aromatic rings. The highest BCUT2D eigenvalue weighted by Gasteiger charge is 2.11. The number of rotatable bonds is 7. The van der Waals surface area contributed by atoms with Gasteiger partial charge in [0.2, 0.25) is 0 Å². The van der Waals surface area contributed by atoms with E-state index < -0.39 is 0 Å². The van der Waals surface area contributed by atoms with Crippen LogP contribution in [-0.2, 0) is 9.53 Å². The van der Waals surface area contributed by atoms with Crippen molar-refractivity contribution in [3.8, 4) is 0 Å². The summed E-state index contributed by atoms with van der Waals surface area (Å²) in [6.45, 7) is 2.16. The van der Waals surface area contributed by atoms with Crippen LogP contribution in [0, 0.1) is 0 Å². The smallest absolute Gasteiger partial charge is 0.305 e. The summed E-state index contributed by atoms with van der Waals surface area (Å²) in [6, 6.07) is 5.12. The average Bonchev–Trinajstić information content (AvgIpc) is 2.39. The fourth-order valence-electron chi connectivity index (χ4n) is 1.57. The van der Waals surface area contributed by atoms with Crippen LogP contribution in [0.15, 0.2) is 29.5 Å². The van der Waals surface area contributed by atoms with Gasteiger partial charge in [0.25, 0.3) is 0 Å². The minimum Gasteiger partial charge on any atom is -0.466 e. The molecule has 0 fully saturated rings. The monoisotopic (exact) mass is 248 g/mol. The lowest BCUT2D eigenvalue weighted by atomic mass is 10.1. The first-order valence-corrected chi connectivity index (χ1v) is 5.88. The Bertz CT molecular complexity index is 415. The third-order valence-electron chi connectivity index (χ3n) is 2.38. The van der Waals surface area contributed by atoms with Gasteiger partial charge in [-0.15, -0.1) is 0 Å². The second-order valence-corrected chi connectivity index (χ2v) is 3.67. The van der Waals surface area contributed by atoms with E-state index in [1.165, 1.54) is 0 Å². The van der Waals surface area contributed by atoms with E-state index >= 15 is 0 Å². The van der Waals surface area contributed by atoms with Gasteiger partial charge >= 0.3 is 5.97 Å². The fourth-order valence-corrected chi connectivity index (χ4v) is 1.57. The van der Waals surface area contributed by atoms with Crippen molar-refractivity contribution in [2.24, 2.45) is 5.11 Å². The number of carbonyl (C=O) groups is 1. The Morgan fingerprint density at radius 1 is 1.61 bits per heavy atom. The number of pyridine rings is 1. The van der Waals surface area contributed by atoms with Crippen LogP contribution >= 0.6 is 0 Å². The number of carbonyl (C=O) groups excluding carboxylic acids is 1. The lowest BCUT2D eigenvalue weighted by Crippen LogP contribution is -2.05. The molecule has 1 atom stereocenters. The summed E-state index contributed by atoms with van der Waals surface area (Å²) in [5.41, 5.74) is 9.25. The van der Waals surface area contributed by atoms with Crippen LogP contribution in [0.25, 0.3) is 10.4 Å². The Morgan fingerprint density at radius 2 is 2.44 bits per heavy atom. The zero-order valence-corrected chi connectivity index (χ0v) is 10.3. The molecule has 1 aromatic heterocycles. The van der Waals surface area contributed by atoms with Crippen LogP contribution in [0.2, 0.25) is 0 Å². The minimum absolute atomic E-state index is 0.224. The lowest BCUT2D eigenvalue weighted by Gasteiger charge is -2.09. The normalized spacial score (nSPS) is 11.4. The molecule has 0 N–H and O–H groups in total. The van der Waals surface area contributed by atoms with Gasteiger partial charge in [0.1, 0.15) is 0 Å². The van der Waals surface area contributed by atoms with E-state index in [9.17, 15) is 4.79 Å². The second-order valence-electron chi connectivity index (χ2n) is 3.67. The van der Waals surface area contributed by atoms with Crippen molar-refractivity contribution >= 4 is 5.97 Å². The van der Waals surface area contributed by atoms with Crippen LogP contribution in [0.3, 0.4) is 0 Å². The first-order valence-electron chi connectivity index (χ1n) is 5.88. The first kappa shape index (κ1) is 14.0. The summed E-state index contributed by atoms with van der Waals surface area (Å²) in [5.74, 6) is -0.224. The quantitative estimate of drug-likeness (QED) is 0.321. The van der Waals surface area contributed by atoms with Crippen LogP contribution in [0.4, 0.5) is 0 Å². The fraction of sp³-hybridized carbons (Fsp3) is 0.500. The Labute approximate surface area is 106 Å². The maximum Gasteiger partial charge on any atom is 0.305 e. The summed E-state index contributed by atoms with van der Waals surface area (Å²) < 4.78 is 4.83. The van der Waals surface area contributed by atoms with Crippen LogP contribution in [0.1, 0.15) is 37.9 Å². The van der Waals surface area contributed by atoms with Gasteiger partial charge in [-0.05, 0) is 37.4 Å². The maximum absolute atomic E-state index is 11.2. The van der Waals surface area contributed by atoms with Gasteiger partial charge < -0.3 is 4.74 Å². The van der Waals surface area contributed by atoms with Gasteiger partial charge in [-0.3, -0.25) is 9.78 Å².